The van der Waals surface area contributed by atoms with Gasteiger partial charge in [-0.1, -0.05) is 12.1 Å². The first-order valence-electron chi connectivity index (χ1n) is 5.43. The topological polar surface area (TPSA) is 29.1 Å². The van der Waals surface area contributed by atoms with Crippen LogP contribution in [0.2, 0.25) is 0 Å². The molecule has 0 spiro atoms. The molecule has 1 amide bonds. The van der Waals surface area contributed by atoms with Gasteiger partial charge in [0.15, 0.2) is 0 Å². The Labute approximate surface area is 118 Å². The highest BCUT2D eigenvalue weighted by atomic mass is 79.9. The van der Waals surface area contributed by atoms with Crippen molar-refractivity contribution < 1.29 is 4.79 Å². The second kappa shape index (κ2) is 5.98. The summed E-state index contributed by atoms with van der Waals surface area (Å²) in [4.78, 5) is 12.7. The van der Waals surface area contributed by atoms with Gasteiger partial charge in [0, 0.05) is 26.5 Å². The van der Waals surface area contributed by atoms with Crippen molar-refractivity contribution in [3.8, 4) is 0 Å². The van der Waals surface area contributed by atoms with Crippen molar-refractivity contribution >= 4 is 44.9 Å². The lowest BCUT2D eigenvalue weighted by atomic mass is 10.2. The summed E-state index contributed by atoms with van der Waals surface area (Å²) in [5.74, 6) is -0.120. The highest BCUT2D eigenvalue weighted by molar-refractivity contribution is 9.10. The normalized spacial score (nSPS) is 10.8. The van der Waals surface area contributed by atoms with E-state index in [1.807, 2.05) is 42.6 Å². The average Bonchev–Trinajstić information content (AvgIpc) is 2.73. The Morgan fingerprint density at radius 2 is 2.22 bits per heavy atom. The molecule has 2 rings (SSSR count). The second-order valence-electron chi connectivity index (χ2n) is 3.86. The quantitative estimate of drug-likeness (QED) is 0.830. The molecular weight excluding hydrogens is 310 g/mol. The van der Waals surface area contributed by atoms with E-state index in [0.29, 0.717) is 0 Å². The van der Waals surface area contributed by atoms with Gasteiger partial charge in [-0.25, -0.2) is 0 Å². The van der Waals surface area contributed by atoms with Gasteiger partial charge >= 0.3 is 0 Å². The Morgan fingerprint density at radius 3 is 2.89 bits per heavy atom. The third-order valence-corrected chi connectivity index (χ3v) is 3.93. The van der Waals surface area contributed by atoms with Gasteiger partial charge in [0.25, 0.3) is 0 Å². The SMILES string of the molecule is Cc1cccc(NC(=O)C=Cc2cc(Br)cs2)c1. The van der Waals surface area contributed by atoms with Crippen LogP contribution in [0, 0.1) is 6.92 Å². The Kier molecular flexibility index (Phi) is 4.33. The summed E-state index contributed by atoms with van der Waals surface area (Å²) in [7, 11) is 0. The van der Waals surface area contributed by atoms with E-state index in [4.69, 9.17) is 0 Å². The number of benzene rings is 1. The maximum Gasteiger partial charge on any atom is 0.248 e. The number of carbonyl (C=O) groups excluding carboxylic acids is 1. The molecule has 18 heavy (non-hydrogen) atoms. The maximum atomic E-state index is 11.7. The van der Waals surface area contributed by atoms with Crippen LogP contribution < -0.4 is 5.32 Å². The standard InChI is InChI=1S/C14H12BrNOS/c1-10-3-2-4-12(7-10)16-14(17)6-5-13-8-11(15)9-18-13/h2-9H,1H3,(H,16,17). The van der Waals surface area contributed by atoms with Crippen LogP contribution >= 0.6 is 27.3 Å². The maximum absolute atomic E-state index is 11.7. The average molecular weight is 322 g/mol. The molecule has 0 unspecified atom stereocenters. The molecule has 1 heterocycles. The van der Waals surface area contributed by atoms with Crippen LogP contribution in [0.5, 0.6) is 0 Å². The molecule has 0 radical (unpaired) electrons. The van der Waals surface area contributed by atoms with Crippen molar-refractivity contribution in [3.05, 3.63) is 56.7 Å². The highest BCUT2D eigenvalue weighted by Gasteiger charge is 1.98. The number of halogens is 1. The first-order valence-corrected chi connectivity index (χ1v) is 7.10. The molecule has 1 N–H and O–H groups in total. The summed E-state index contributed by atoms with van der Waals surface area (Å²) >= 11 is 4.96. The van der Waals surface area contributed by atoms with E-state index in [0.717, 1.165) is 20.6 Å². The summed E-state index contributed by atoms with van der Waals surface area (Å²) in [6.45, 7) is 1.99. The second-order valence-corrected chi connectivity index (χ2v) is 5.72. The molecule has 0 atom stereocenters. The van der Waals surface area contributed by atoms with Crippen molar-refractivity contribution in [1.82, 2.24) is 0 Å². The molecular formula is C14H12BrNOS. The van der Waals surface area contributed by atoms with Crippen molar-refractivity contribution in [1.29, 1.82) is 0 Å². The Balaban J connectivity index is 1.98. The molecule has 1 aromatic carbocycles. The lowest BCUT2D eigenvalue weighted by molar-refractivity contribution is -0.111. The first-order chi connectivity index (χ1) is 8.63. The molecule has 2 nitrogen and oxygen atoms in total. The van der Waals surface area contributed by atoms with Crippen LogP contribution in [0.4, 0.5) is 5.69 Å². The summed E-state index contributed by atoms with van der Waals surface area (Å²) in [6, 6.07) is 9.70. The molecule has 0 aliphatic carbocycles. The van der Waals surface area contributed by atoms with E-state index >= 15 is 0 Å². The van der Waals surface area contributed by atoms with E-state index in [2.05, 4.69) is 21.2 Å². The van der Waals surface area contributed by atoms with Crippen LogP contribution in [0.3, 0.4) is 0 Å². The Bertz CT molecular complexity index is 589. The molecule has 0 saturated heterocycles. The van der Waals surface area contributed by atoms with Gasteiger partial charge < -0.3 is 5.32 Å². The van der Waals surface area contributed by atoms with Crippen LogP contribution in [0.15, 0.2) is 46.3 Å². The third-order valence-electron chi connectivity index (χ3n) is 2.27. The van der Waals surface area contributed by atoms with E-state index in [1.54, 1.807) is 23.5 Å². The minimum absolute atomic E-state index is 0.120. The summed E-state index contributed by atoms with van der Waals surface area (Å²) in [6.07, 6.45) is 3.35. The largest absolute Gasteiger partial charge is 0.323 e. The monoisotopic (exact) mass is 321 g/mol. The number of carbonyl (C=O) groups is 1. The fourth-order valence-electron chi connectivity index (χ4n) is 1.48. The van der Waals surface area contributed by atoms with E-state index in [-0.39, 0.29) is 5.91 Å². The number of hydrogen-bond donors (Lipinski definition) is 1. The van der Waals surface area contributed by atoms with Crippen molar-refractivity contribution in [2.75, 3.05) is 5.32 Å². The number of nitrogens with one attached hydrogen (secondary N) is 1. The first kappa shape index (κ1) is 13.1. The van der Waals surface area contributed by atoms with Crippen LogP contribution in [0.1, 0.15) is 10.4 Å². The van der Waals surface area contributed by atoms with Gasteiger partial charge in [-0.05, 0) is 52.7 Å². The Hall–Kier alpha value is -1.39. The van der Waals surface area contributed by atoms with Crippen molar-refractivity contribution in [3.63, 3.8) is 0 Å². The zero-order valence-electron chi connectivity index (χ0n) is 9.81. The van der Waals surface area contributed by atoms with E-state index in [9.17, 15) is 4.79 Å². The molecule has 0 saturated carbocycles. The number of hydrogen-bond acceptors (Lipinski definition) is 2. The zero-order chi connectivity index (χ0) is 13.0. The van der Waals surface area contributed by atoms with Crippen LogP contribution in [-0.2, 0) is 4.79 Å². The molecule has 92 valence electrons. The smallest absolute Gasteiger partial charge is 0.248 e. The van der Waals surface area contributed by atoms with Crippen molar-refractivity contribution in [2.24, 2.45) is 0 Å². The molecule has 2 aromatic rings. The lowest BCUT2D eigenvalue weighted by Crippen LogP contribution is -2.07. The third kappa shape index (κ3) is 3.82. The highest BCUT2D eigenvalue weighted by Crippen LogP contribution is 2.20. The number of thiophene rings is 1. The van der Waals surface area contributed by atoms with Crippen LogP contribution in [0.25, 0.3) is 6.08 Å². The Morgan fingerprint density at radius 1 is 1.39 bits per heavy atom. The summed E-state index contributed by atoms with van der Waals surface area (Å²) < 4.78 is 1.03. The zero-order valence-corrected chi connectivity index (χ0v) is 12.2. The number of rotatable bonds is 3. The van der Waals surface area contributed by atoms with Crippen LogP contribution in [-0.4, -0.2) is 5.91 Å². The molecule has 1 aromatic heterocycles. The lowest BCUT2D eigenvalue weighted by Gasteiger charge is -2.02. The number of aryl methyl sites for hydroxylation is 1. The minimum atomic E-state index is -0.120. The molecule has 0 aliphatic heterocycles. The molecule has 0 aliphatic rings. The molecule has 4 heteroatoms. The summed E-state index contributed by atoms with van der Waals surface area (Å²) in [5.41, 5.74) is 1.94. The summed E-state index contributed by atoms with van der Waals surface area (Å²) in [5, 5.41) is 4.81. The van der Waals surface area contributed by atoms with Gasteiger partial charge in [0.05, 0.1) is 0 Å². The van der Waals surface area contributed by atoms with E-state index in [1.165, 1.54) is 0 Å². The van der Waals surface area contributed by atoms with Gasteiger partial charge in [0.2, 0.25) is 5.91 Å². The number of amides is 1. The number of anilines is 1. The van der Waals surface area contributed by atoms with Gasteiger partial charge in [0.1, 0.15) is 0 Å². The molecule has 0 bridgehead atoms. The molecule has 0 fully saturated rings. The predicted molar refractivity (Wildman–Crippen MR) is 80.9 cm³/mol. The predicted octanol–water partition coefficient (Wildman–Crippen LogP) is 4.47. The minimum Gasteiger partial charge on any atom is -0.323 e. The fraction of sp³-hybridized carbons (Fsp3) is 0.0714. The van der Waals surface area contributed by atoms with E-state index < -0.39 is 0 Å². The fourth-order valence-corrected chi connectivity index (χ4v) is 2.82. The van der Waals surface area contributed by atoms with Crippen molar-refractivity contribution in [2.45, 2.75) is 6.92 Å². The van der Waals surface area contributed by atoms with Gasteiger partial charge in [-0.2, -0.15) is 0 Å². The van der Waals surface area contributed by atoms with Gasteiger partial charge in [-0.3, -0.25) is 4.79 Å². The van der Waals surface area contributed by atoms with Gasteiger partial charge in [-0.15, -0.1) is 11.3 Å².